The molecule has 0 radical (unpaired) electrons. The smallest absolute Gasteiger partial charge is 0.408 e. The van der Waals surface area contributed by atoms with E-state index in [1.54, 1.807) is 37.3 Å². The summed E-state index contributed by atoms with van der Waals surface area (Å²) in [6.45, 7) is 2.25. The highest BCUT2D eigenvalue weighted by molar-refractivity contribution is 6.32. The third-order valence-corrected chi connectivity index (χ3v) is 19.9. The minimum Gasteiger partial charge on any atom is -0.508 e. The number of phenolic OH excluding ortho intramolecular Hbond substituents is 2. The number of halogens is 1. The number of nitrogens with one attached hydrogen (secondary N) is 6. The molecule has 34 heteroatoms. The Morgan fingerprint density at radius 2 is 1.33 bits per heavy atom. The second-order valence-electron chi connectivity index (χ2n) is 26.7. The highest BCUT2D eigenvalue weighted by atomic mass is 35.5. The monoisotopic (exact) mass is 1480 g/mol. The number of ether oxygens (including phenoxy) is 10. The van der Waals surface area contributed by atoms with Crippen LogP contribution in [-0.4, -0.2) is 206 Å². The third kappa shape index (κ3) is 15.2. The van der Waals surface area contributed by atoms with Gasteiger partial charge in [0, 0.05) is 56.0 Å². The predicted molar refractivity (Wildman–Crippen MR) is 359 cm³/mol. The highest BCUT2D eigenvalue weighted by Gasteiger charge is 2.51. The molecule has 558 valence electrons. The first kappa shape index (κ1) is 73.7. The van der Waals surface area contributed by atoms with E-state index in [1.807, 2.05) is 0 Å². The molecule has 105 heavy (non-hydrogen) atoms. The molecule has 4 fully saturated rings. The number of aliphatic carboxylic acids is 1. The van der Waals surface area contributed by atoms with Gasteiger partial charge < -0.3 is 132 Å². The van der Waals surface area contributed by atoms with Crippen LogP contribution in [0.5, 0.6) is 40.2 Å². The van der Waals surface area contributed by atoms with Gasteiger partial charge in [0.2, 0.25) is 41.6 Å². The topological polar surface area (TPSA) is 498 Å². The number of carboxylic acid groups (broad SMARTS) is 1. The number of alkyl carbamates (subject to hydrolysis) is 1. The van der Waals surface area contributed by atoms with E-state index in [4.69, 9.17) is 70.4 Å². The fraction of sp³-hybridized carbons (Fsp3) is 0.423. The molecule has 0 spiro atoms. The van der Waals surface area contributed by atoms with Crippen LogP contribution in [0.15, 0.2) is 121 Å². The molecule has 11 bridgehead atoms. The molecule has 0 saturated carbocycles. The molecule has 9 heterocycles. The molecular weight excluding hydrogens is 1400 g/mol. The predicted octanol–water partition coefficient (Wildman–Crippen LogP) is 0.824. The average molecular weight is 1480 g/mol. The van der Waals surface area contributed by atoms with Crippen LogP contribution >= 0.6 is 11.6 Å². The van der Waals surface area contributed by atoms with E-state index in [9.17, 15) is 55.2 Å². The van der Waals surface area contributed by atoms with Crippen LogP contribution in [0, 0.1) is 0 Å². The lowest BCUT2D eigenvalue weighted by atomic mass is 9.80. The summed E-state index contributed by atoms with van der Waals surface area (Å²) in [5.74, 6) is -12.4. The molecule has 5 aromatic carbocycles. The molecule has 18 N–H and O–H groups in total. The minimum absolute atomic E-state index is 0.0532. The quantitative estimate of drug-likeness (QED) is 0.0870. The highest BCUT2D eigenvalue weighted by Crippen LogP contribution is 2.49. The van der Waals surface area contributed by atoms with E-state index in [-0.39, 0.29) is 63.6 Å². The number of fused-ring (bicyclic) bond motifs is 12. The zero-order chi connectivity index (χ0) is 74.6. The number of rotatable bonds is 11. The summed E-state index contributed by atoms with van der Waals surface area (Å²) in [4.78, 5) is 105. The Bertz CT molecular complexity index is 4210. The maximum atomic E-state index is 16.4. The molecule has 4 saturated heterocycles. The summed E-state index contributed by atoms with van der Waals surface area (Å²) >= 11 is 7.38. The second kappa shape index (κ2) is 30.5. The lowest BCUT2D eigenvalue weighted by Crippen LogP contribution is -2.62. The maximum absolute atomic E-state index is 16.4. The number of carbonyl (C=O) groups is 7. The van der Waals surface area contributed by atoms with E-state index in [1.165, 1.54) is 86.9 Å². The zero-order valence-corrected chi connectivity index (χ0v) is 56.9. The van der Waals surface area contributed by atoms with Crippen molar-refractivity contribution in [1.82, 2.24) is 31.9 Å². The average Bonchev–Trinajstić information content (AvgIpc) is 1.28. The van der Waals surface area contributed by atoms with Crippen molar-refractivity contribution in [3.8, 4) is 40.2 Å². The first-order valence-electron chi connectivity index (χ1n) is 33.7. The summed E-state index contributed by atoms with van der Waals surface area (Å²) in [7, 11) is 1.42. The van der Waals surface area contributed by atoms with Crippen LogP contribution < -0.4 is 57.6 Å². The van der Waals surface area contributed by atoms with E-state index in [0.717, 1.165) is 12.1 Å². The molecule has 9 aliphatic heterocycles. The lowest BCUT2D eigenvalue weighted by Gasteiger charge is -2.44. The van der Waals surface area contributed by atoms with Crippen LogP contribution in [0.2, 0.25) is 5.02 Å². The number of hydrogen-bond acceptors (Lipinski definition) is 26. The summed E-state index contributed by atoms with van der Waals surface area (Å²) in [5, 5.41) is 106. The van der Waals surface area contributed by atoms with Gasteiger partial charge in [-0.15, -0.1) is 0 Å². The van der Waals surface area contributed by atoms with Gasteiger partial charge in [0.05, 0.1) is 42.1 Å². The molecular formula is C71H77ClN8O25. The molecule has 5 aromatic rings. The number of methoxy groups -OCH3 is 1. The van der Waals surface area contributed by atoms with Crippen LogP contribution in [-0.2, 0) is 68.3 Å². The summed E-state index contributed by atoms with van der Waals surface area (Å²) in [6, 6.07) is 8.75. The molecule has 33 nitrogen and oxygen atoms in total. The van der Waals surface area contributed by atoms with Gasteiger partial charge in [-0.05, 0) is 89.7 Å². The van der Waals surface area contributed by atoms with Gasteiger partial charge in [0.25, 0.3) is 0 Å². The first-order valence-corrected chi connectivity index (χ1v) is 34.1. The van der Waals surface area contributed by atoms with Gasteiger partial charge in [-0.25, -0.2) is 9.59 Å². The Hall–Kier alpha value is -9.56. The molecule has 1 aliphatic carbocycles. The zero-order valence-electron chi connectivity index (χ0n) is 56.1. The standard InChI is InChI=1S/C71H77ClN8O25/c1-27-56(85)39(73)24-48(97-27)103-63-58(87)57(86)47(26-81)101-70(63)104-62-45-20-33-21-46(62)100-44-16-12-32(19-38(44)72)61(102-49-25-40(74)59(96-3)28(2)98-49)54-68(92)78-53(69(93)94)37-22-34(82)23-43(84)50(37)36-18-31(11-15-42(36)83)51(65(89)79-54)77-66(90)52(33)76-64(88)41(17-29-7-5-4-6-8-29)75-67(91)55-60(105-71(95)80-55)30-9-13-35(99-45)14-10-30/h4-16,18-23,27-28,36,39-42,47-49,51-61,63,70,81-87H,17,24-26,73-74H2,1-3H3,(H,75,91)(H,76,88)(H,77,90)(H,78,92)(H,79,89)(H,80,95)(H,93,94)/t27?,28-,36?,39-,40-,41-,42?,47+,48-,49-,51+,52+,53-,54-,55+,56-,57+,58-,59-,60+,61+,63+,70-/m0/s1. The normalized spacial score (nSPS) is 34.0. The Balaban J connectivity index is 1.05. The van der Waals surface area contributed by atoms with Crippen molar-refractivity contribution >= 4 is 53.2 Å². The van der Waals surface area contributed by atoms with Crippen molar-refractivity contribution in [2.24, 2.45) is 11.5 Å². The van der Waals surface area contributed by atoms with E-state index >= 15 is 19.2 Å². The second-order valence-corrected chi connectivity index (χ2v) is 27.1. The maximum Gasteiger partial charge on any atom is 0.408 e. The number of amides is 6. The van der Waals surface area contributed by atoms with E-state index in [0.29, 0.717) is 5.56 Å². The van der Waals surface area contributed by atoms with Crippen molar-refractivity contribution in [3.63, 3.8) is 0 Å². The summed E-state index contributed by atoms with van der Waals surface area (Å²) in [6.07, 6.45) is -18.2. The molecule has 6 amide bonds. The van der Waals surface area contributed by atoms with Gasteiger partial charge >= 0.3 is 12.1 Å². The van der Waals surface area contributed by atoms with Gasteiger partial charge in [-0.2, -0.15) is 0 Å². The van der Waals surface area contributed by atoms with Crippen molar-refractivity contribution < 1.29 is 122 Å². The Kier molecular flexibility index (Phi) is 21.4. The van der Waals surface area contributed by atoms with Crippen molar-refractivity contribution in [2.75, 3.05) is 13.7 Å². The summed E-state index contributed by atoms with van der Waals surface area (Å²) < 4.78 is 63.3. The van der Waals surface area contributed by atoms with Gasteiger partial charge in [-0.1, -0.05) is 78.4 Å². The molecule has 0 aromatic heterocycles. The van der Waals surface area contributed by atoms with Crippen LogP contribution in [0.4, 0.5) is 4.79 Å². The number of aliphatic hydroxyl groups is 5. The fourth-order valence-electron chi connectivity index (χ4n) is 14.3. The molecule has 23 atom stereocenters. The summed E-state index contributed by atoms with van der Waals surface area (Å²) in [5.41, 5.74) is 12.3. The van der Waals surface area contributed by atoms with E-state index < -0.39 is 223 Å². The van der Waals surface area contributed by atoms with Crippen molar-refractivity contribution in [3.05, 3.63) is 159 Å². The lowest BCUT2D eigenvalue weighted by molar-refractivity contribution is -0.330. The van der Waals surface area contributed by atoms with Crippen LogP contribution in [0.1, 0.15) is 90.3 Å². The SMILES string of the molecule is CO[C@H]1[C@H](C)O[C@@H](O[C@@H]2c3ccc(c(Cl)c3)Oc3cc4cc(c3O[C@@H]3O[C@H](CO)[C@@H](O)[C@H](O)[C@H]3O[C@H]3C[C@H](N)[C@@H](O)C(C)O3)Oc3ccc(cc3)[C@H]3OC(=O)N[C@H]3C(=O)N[C@@H](Cc3ccccc3)C(=O)N[C@H]4C(=O)N[C@H]3C(=O)N[C@@H]2C(=O)N[C@H](C(=O)O)c2cc(O)cc(O)c2C2C=C3C=CC2O)C[C@@H]1N. The fourth-order valence-corrected chi connectivity index (χ4v) is 14.5. The molecule has 15 rings (SSSR count). The number of hydrogen-bond donors (Lipinski definition) is 16. The Morgan fingerprint density at radius 3 is 2.03 bits per heavy atom. The minimum atomic E-state index is -2.19. The molecule has 10 aliphatic rings. The van der Waals surface area contributed by atoms with Gasteiger partial charge in [0.15, 0.2) is 48.4 Å². The van der Waals surface area contributed by atoms with Gasteiger partial charge in [-0.3, -0.25) is 24.0 Å². The van der Waals surface area contributed by atoms with E-state index in [2.05, 4.69) is 31.9 Å². The number of nitrogens with two attached hydrogens (primary N) is 2. The van der Waals surface area contributed by atoms with Crippen LogP contribution in [0.3, 0.4) is 0 Å². The Labute approximate surface area is 602 Å². The third-order valence-electron chi connectivity index (χ3n) is 19.6. The number of aromatic hydroxyl groups is 2. The number of carbonyl (C=O) groups excluding carboxylic acids is 6. The number of phenols is 2. The largest absolute Gasteiger partial charge is 0.508 e. The van der Waals surface area contributed by atoms with Gasteiger partial charge in [0.1, 0.15) is 71.6 Å². The number of aliphatic hydroxyl groups excluding tert-OH is 5. The first-order chi connectivity index (χ1) is 50.2. The van der Waals surface area contributed by atoms with Crippen molar-refractivity contribution in [1.29, 1.82) is 0 Å². The number of carboxylic acids is 1. The molecule has 3 unspecified atom stereocenters. The van der Waals surface area contributed by atoms with Crippen LogP contribution in [0.25, 0.3) is 0 Å². The number of benzene rings is 5. The Morgan fingerprint density at radius 1 is 0.657 bits per heavy atom. The van der Waals surface area contributed by atoms with Crippen molar-refractivity contribution in [2.45, 2.75) is 173 Å².